The van der Waals surface area contributed by atoms with Crippen LogP contribution >= 0.6 is 0 Å². The molecule has 1 N–H and O–H groups in total. The van der Waals surface area contributed by atoms with E-state index in [1.807, 2.05) is 0 Å². The van der Waals surface area contributed by atoms with Gasteiger partial charge >= 0.3 is 5.82 Å². The third-order valence-corrected chi connectivity index (χ3v) is 2.43. The molecule has 94 valence electrons. The first-order valence-corrected chi connectivity index (χ1v) is 5.27. The summed E-state index contributed by atoms with van der Waals surface area (Å²) in [6, 6.07) is 1.43. The molecule has 0 amide bonds. The Balaban J connectivity index is 2.19. The standard InChI is InChI=1S/C10H12N6O2/c1-7-3-10(16(17)18)14-15(7)6-8-4-13-9(11-2)5-12-8/h3-5H,6H2,1-2H3,(H,11,13). The van der Waals surface area contributed by atoms with Crippen LogP contribution in [0, 0.1) is 17.0 Å². The van der Waals surface area contributed by atoms with Gasteiger partial charge in [-0.1, -0.05) is 0 Å². The normalized spacial score (nSPS) is 10.3. The Bertz CT molecular complexity index is 562. The lowest BCUT2D eigenvalue weighted by atomic mass is 10.4. The molecule has 0 atom stereocenters. The van der Waals surface area contributed by atoms with Crippen molar-refractivity contribution in [1.82, 2.24) is 19.7 Å². The molecule has 0 unspecified atom stereocenters. The van der Waals surface area contributed by atoms with Gasteiger partial charge in [0.15, 0.2) is 0 Å². The minimum absolute atomic E-state index is 0.160. The maximum Gasteiger partial charge on any atom is 0.390 e. The molecular formula is C10H12N6O2. The molecule has 0 bridgehead atoms. The summed E-state index contributed by atoms with van der Waals surface area (Å²) in [4.78, 5) is 18.4. The minimum Gasteiger partial charge on any atom is -0.372 e. The van der Waals surface area contributed by atoms with Gasteiger partial charge in [-0.3, -0.25) is 4.98 Å². The van der Waals surface area contributed by atoms with E-state index in [1.165, 1.54) is 10.7 Å². The highest BCUT2D eigenvalue weighted by Crippen LogP contribution is 2.12. The SMILES string of the molecule is CNc1cnc(Cn2nc([N+](=O)[O-])cc2C)cn1. The van der Waals surface area contributed by atoms with Crippen LogP contribution in [0.25, 0.3) is 0 Å². The molecule has 8 nitrogen and oxygen atoms in total. The first-order valence-electron chi connectivity index (χ1n) is 5.27. The number of nitrogens with one attached hydrogen (secondary N) is 1. The number of hydrogen-bond acceptors (Lipinski definition) is 6. The maximum atomic E-state index is 10.6. The number of anilines is 1. The van der Waals surface area contributed by atoms with E-state index < -0.39 is 4.92 Å². The molecule has 0 spiro atoms. The van der Waals surface area contributed by atoms with Gasteiger partial charge in [0, 0.05) is 7.05 Å². The van der Waals surface area contributed by atoms with Crippen molar-refractivity contribution >= 4 is 11.6 Å². The predicted molar refractivity (Wildman–Crippen MR) is 64.3 cm³/mol. The quantitative estimate of drug-likeness (QED) is 0.639. The molecule has 0 aliphatic rings. The van der Waals surface area contributed by atoms with Crippen LogP contribution in [0.3, 0.4) is 0 Å². The number of aromatic nitrogens is 4. The van der Waals surface area contributed by atoms with E-state index >= 15 is 0 Å². The number of nitrogens with zero attached hydrogens (tertiary/aromatic N) is 5. The van der Waals surface area contributed by atoms with Gasteiger partial charge in [-0.05, 0) is 11.8 Å². The van der Waals surface area contributed by atoms with Gasteiger partial charge in [0.25, 0.3) is 0 Å². The summed E-state index contributed by atoms with van der Waals surface area (Å²) in [6.07, 6.45) is 3.21. The summed E-state index contributed by atoms with van der Waals surface area (Å²) in [7, 11) is 1.75. The second-order valence-electron chi connectivity index (χ2n) is 3.70. The Morgan fingerprint density at radius 2 is 2.22 bits per heavy atom. The summed E-state index contributed by atoms with van der Waals surface area (Å²) in [5.41, 5.74) is 1.40. The highest BCUT2D eigenvalue weighted by molar-refractivity contribution is 5.29. The van der Waals surface area contributed by atoms with Gasteiger partial charge in [0.05, 0.1) is 34.9 Å². The molecular weight excluding hydrogens is 236 g/mol. The molecule has 0 radical (unpaired) electrons. The van der Waals surface area contributed by atoms with E-state index in [4.69, 9.17) is 0 Å². The molecule has 8 heteroatoms. The number of hydrogen-bond donors (Lipinski definition) is 1. The zero-order valence-corrected chi connectivity index (χ0v) is 9.99. The number of aryl methyl sites for hydroxylation is 1. The lowest BCUT2D eigenvalue weighted by molar-refractivity contribution is -0.389. The number of nitro groups is 1. The second kappa shape index (κ2) is 4.78. The molecule has 2 rings (SSSR count). The van der Waals surface area contributed by atoms with Crippen LogP contribution in [0.15, 0.2) is 18.5 Å². The lowest BCUT2D eigenvalue weighted by Gasteiger charge is -2.01. The predicted octanol–water partition coefficient (Wildman–Crippen LogP) is 0.980. The third kappa shape index (κ3) is 2.42. The average Bonchev–Trinajstić information content (AvgIpc) is 2.72. The maximum absolute atomic E-state index is 10.6. The van der Waals surface area contributed by atoms with Gasteiger partial charge in [-0.15, -0.1) is 0 Å². The van der Waals surface area contributed by atoms with Crippen LogP contribution in [-0.4, -0.2) is 31.7 Å². The smallest absolute Gasteiger partial charge is 0.372 e. The fourth-order valence-corrected chi connectivity index (χ4v) is 1.46. The Morgan fingerprint density at radius 1 is 1.44 bits per heavy atom. The molecule has 18 heavy (non-hydrogen) atoms. The van der Waals surface area contributed by atoms with Gasteiger partial charge in [-0.2, -0.15) is 4.68 Å². The van der Waals surface area contributed by atoms with Crippen LogP contribution in [0.4, 0.5) is 11.6 Å². The zero-order chi connectivity index (χ0) is 13.1. The molecule has 0 aliphatic heterocycles. The minimum atomic E-state index is -0.515. The Hall–Kier alpha value is -2.51. The van der Waals surface area contributed by atoms with E-state index in [0.29, 0.717) is 23.8 Å². The van der Waals surface area contributed by atoms with Crippen LogP contribution < -0.4 is 5.32 Å². The van der Waals surface area contributed by atoms with Crippen molar-refractivity contribution in [1.29, 1.82) is 0 Å². The Morgan fingerprint density at radius 3 is 2.72 bits per heavy atom. The first-order chi connectivity index (χ1) is 8.60. The van der Waals surface area contributed by atoms with E-state index in [-0.39, 0.29) is 5.82 Å². The summed E-state index contributed by atoms with van der Waals surface area (Å²) < 4.78 is 1.53. The highest BCUT2D eigenvalue weighted by atomic mass is 16.6. The molecule has 0 aromatic carbocycles. The van der Waals surface area contributed by atoms with Crippen molar-refractivity contribution in [2.24, 2.45) is 0 Å². The Kier molecular flexibility index (Phi) is 3.18. The lowest BCUT2D eigenvalue weighted by Crippen LogP contribution is -2.06. The Labute approximate surface area is 103 Å². The van der Waals surface area contributed by atoms with Crippen LogP contribution in [0.5, 0.6) is 0 Å². The van der Waals surface area contributed by atoms with Gasteiger partial charge in [-0.25, -0.2) is 4.98 Å². The van der Waals surface area contributed by atoms with Crippen molar-refractivity contribution in [2.75, 3.05) is 12.4 Å². The topological polar surface area (TPSA) is 98.8 Å². The van der Waals surface area contributed by atoms with E-state index in [2.05, 4.69) is 20.4 Å². The first kappa shape index (κ1) is 12.0. The molecule has 0 aliphatic carbocycles. The second-order valence-corrected chi connectivity index (χ2v) is 3.70. The van der Waals surface area contributed by atoms with E-state index in [9.17, 15) is 10.1 Å². The van der Waals surface area contributed by atoms with Gasteiger partial charge in [0.1, 0.15) is 12.4 Å². The third-order valence-electron chi connectivity index (χ3n) is 2.43. The summed E-state index contributed by atoms with van der Waals surface area (Å²) in [5.74, 6) is 0.509. The van der Waals surface area contributed by atoms with Crippen LogP contribution in [0.1, 0.15) is 11.4 Å². The highest BCUT2D eigenvalue weighted by Gasteiger charge is 2.15. The fourth-order valence-electron chi connectivity index (χ4n) is 1.46. The molecule has 0 saturated heterocycles. The molecule has 2 aromatic rings. The molecule has 0 saturated carbocycles. The van der Waals surface area contributed by atoms with Gasteiger partial charge < -0.3 is 15.4 Å². The van der Waals surface area contributed by atoms with Crippen molar-refractivity contribution < 1.29 is 4.92 Å². The fraction of sp³-hybridized carbons (Fsp3) is 0.300. The largest absolute Gasteiger partial charge is 0.390 e. The summed E-state index contributed by atoms with van der Waals surface area (Å²) in [6.45, 7) is 2.12. The molecule has 0 fully saturated rings. The van der Waals surface area contributed by atoms with Crippen molar-refractivity contribution in [2.45, 2.75) is 13.5 Å². The van der Waals surface area contributed by atoms with Crippen molar-refractivity contribution in [3.05, 3.63) is 40.0 Å². The average molecular weight is 248 g/mol. The van der Waals surface area contributed by atoms with Crippen LogP contribution in [-0.2, 0) is 6.54 Å². The van der Waals surface area contributed by atoms with Gasteiger partial charge in [0.2, 0.25) is 0 Å². The summed E-state index contributed by atoms with van der Waals surface area (Å²) in [5, 5.41) is 17.3. The van der Waals surface area contributed by atoms with Crippen molar-refractivity contribution in [3.63, 3.8) is 0 Å². The van der Waals surface area contributed by atoms with Crippen molar-refractivity contribution in [3.8, 4) is 0 Å². The van der Waals surface area contributed by atoms with E-state index in [0.717, 1.165) is 0 Å². The van der Waals surface area contributed by atoms with Crippen LogP contribution in [0.2, 0.25) is 0 Å². The monoisotopic (exact) mass is 248 g/mol. The van der Waals surface area contributed by atoms with E-state index in [1.54, 1.807) is 26.4 Å². The molecule has 2 heterocycles. The summed E-state index contributed by atoms with van der Waals surface area (Å²) >= 11 is 0. The zero-order valence-electron chi connectivity index (χ0n) is 9.99. The number of rotatable bonds is 4. The molecule has 2 aromatic heterocycles.